The first-order valence-corrected chi connectivity index (χ1v) is 8.24. The fourth-order valence-corrected chi connectivity index (χ4v) is 3.17. The summed E-state index contributed by atoms with van der Waals surface area (Å²) in [6.45, 7) is 3.88. The van der Waals surface area contributed by atoms with Gasteiger partial charge >= 0.3 is 0 Å². The van der Waals surface area contributed by atoms with E-state index in [2.05, 4.69) is 0 Å². The standard InChI is InChI=1S/C20H18O6/c1-20(2)16(26-20)7-12-14(22)8-15(23)17-18(24)13(9-25-19(12)17)10-3-5-11(21)6-4-10/h3-6,8-9,16,21-23H,7H2,1-2H3/t16-/m1/s1. The molecular weight excluding hydrogens is 336 g/mol. The third kappa shape index (κ3) is 2.59. The predicted octanol–water partition coefficient (Wildman–Crippen LogP) is 3.30. The second kappa shape index (κ2) is 5.51. The minimum Gasteiger partial charge on any atom is -0.508 e. The highest BCUT2D eigenvalue weighted by atomic mass is 16.6. The Morgan fingerprint density at radius 2 is 1.73 bits per heavy atom. The van der Waals surface area contributed by atoms with Gasteiger partial charge in [0.25, 0.3) is 0 Å². The molecule has 3 aromatic rings. The molecule has 0 saturated carbocycles. The minimum absolute atomic E-state index is 0.0156. The Balaban J connectivity index is 1.89. The van der Waals surface area contributed by atoms with Crippen LogP contribution in [0, 0.1) is 0 Å². The van der Waals surface area contributed by atoms with Crippen LogP contribution in [-0.4, -0.2) is 27.0 Å². The van der Waals surface area contributed by atoms with Crippen LogP contribution in [0.5, 0.6) is 17.2 Å². The van der Waals surface area contributed by atoms with Crippen molar-refractivity contribution in [3.63, 3.8) is 0 Å². The molecule has 0 unspecified atom stereocenters. The van der Waals surface area contributed by atoms with E-state index >= 15 is 0 Å². The van der Waals surface area contributed by atoms with Gasteiger partial charge in [0.2, 0.25) is 5.43 Å². The summed E-state index contributed by atoms with van der Waals surface area (Å²) in [6, 6.07) is 7.27. The number of hydrogen-bond acceptors (Lipinski definition) is 6. The Kier molecular flexibility index (Phi) is 3.49. The maximum atomic E-state index is 12.9. The number of epoxide rings is 1. The second-order valence-electron chi connectivity index (χ2n) is 7.04. The molecule has 6 nitrogen and oxygen atoms in total. The number of fused-ring (bicyclic) bond motifs is 1. The van der Waals surface area contributed by atoms with E-state index in [1.165, 1.54) is 18.4 Å². The third-order valence-electron chi connectivity index (χ3n) is 4.84. The highest BCUT2D eigenvalue weighted by Crippen LogP contribution is 2.42. The maximum Gasteiger partial charge on any atom is 0.204 e. The van der Waals surface area contributed by atoms with Crippen LogP contribution < -0.4 is 5.43 Å². The zero-order chi connectivity index (χ0) is 18.6. The molecule has 2 aromatic carbocycles. The van der Waals surface area contributed by atoms with Gasteiger partial charge < -0.3 is 24.5 Å². The number of phenols is 3. The van der Waals surface area contributed by atoms with Crippen molar-refractivity contribution in [1.82, 2.24) is 0 Å². The Hall–Kier alpha value is -2.99. The lowest BCUT2D eigenvalue weighted by molar-refractivity contribution is 0.322. The molecule has 1 aliphatic rings. The predicted molar refractivity (Wildman–Crippen MR) is 95.6 cm³/mol. The highest BCUT2D eigenvalue weighted by Gasteiger charge is 2.48. The quantitative estimate of drug-likeness (QED) is 0.624. The summed E-state index contributed by atoms with van der Waals surface area (Å²) < 4.78 is 11.2. The summed E-state index contributed by atoms with van der Waals surface area (Å²) in [7, 11) is 0. The van der Waals surface area contributed by atoms with Gasteiger partial charge in [-0.15, -0.1) is 0 Å². The number of rotatable bonds is 3. The molecule has 0 aliphatic carbocycles. The van der Waals surface area contributed by atoms with Gasteiger partial charge in [0.15, 0.2) is 0 Å². The molecule has 4 rings (SSSR count). The van der Waals surface area contributed by atoms with Crippen molar-refractivity contribution in [3.8, 4) is 28.4 Å². The van der Waals surface area contributed by atoms with Gasteiger partial charge in [-0.2, -0.15) is 0 Å². The molecule has 6 heteroatoms. The van der Waals surface area contributed by atoms with Crippen LogP contribution in [0.2, 0.25) is 0 Å². The fourth-order valence-electron chi connectivity index (χ4n) is 3.17. The van der Waals surface area contributed by atoms with E-state index in [1.54, 1.807) is 12.1 Å². The van der Waals surface area contributed by atoms with E-state index in [4.69, 9.17) is 9.15 Å². The normalized spacial score (nSPS) is 18.2. The molecule has 1 fully saturated rings. The average molecular weight is 354 g/mol. The molecule has 1 aliphatic heterocycles. The van der Waals surface area contributed by atoms with Crippen LogP contribution in [0.15, 0.2) is 45.8 Å². The van der Waals surface area contributed by atoms with Gasteiger partial charge in [0.1, 0.15) is 34.5 Å². The van der Waals surface area contributed by atoms with Crippen molar-refractivity contribution in [1.29, 1.82) is 0 Å². The highest BCUT2D eigenvalue weighted by molar-refractivity contribution is 5.90. The Bertz CT molecular complexity index is 1060. The summed E-state index contributed by atoms with van der Waals surface area (Å²) in [4.78, 5) is 12.9. The smallest absolute Gasteiger partial charge is 0.204 e. The van der Waals surface area contributed by atoms with E-state index < -0.39 is 5.43 Å². The summed E-state index contributed by atoms with van der Waals surface area (Å²) >= 11 is 0. The monoisotopic (exact) mass is 354 g/mol. The molecule has 26 heavy (non-hydrogen) atoms. The lowest BCUT2D eigenvalue weighted by atomic mass is 9.98. The van der Waals surface area contributed by atoms with Gasteiger partial charge in [0.05, 0.1) is 17.3 Å². The molecule has 1 atom stereocenters. The lowest BCUT2D eigenvalue weighted by Crippen LogP contribution is -2.09. The molecule has 1 saturated heterocycles. The van der Waals surface area contributed by atoms with Crippen LogP contribution in [0.3, 0.4) is 0 Å². The van der Waals surface area contributed by atoms with E-state index in [0.717, 1.165) is 6.07 Å². The van der Waals surface area contributed by atoms with E-state index in [0.29, 0.717) is 17.5 Å². The largest absolute Gasteiger partial charge is 0.508 e. The number of benzene rings is 2. The van der Waals surface area contributed by atoms with Crippen molar-refractivity contribution in [2.24, 2.45) is 0 Å². The molecule has 0 radical (unpaired) electrons. The van der Waals surface area contributed by atoms with Gasteiger partial charge in [-0.3, -0.25) is 4.79 Å². The summed E-state index contributed by atoms with van der Waals surface area (Å²) in [5.41, 5.74) is 0.699. The number of aromatic hydroxyl groups is 3. The van der Waals surface area contributed by atoms with Crippen molar-refractivity contribution in [2.75, 3.05) is 0 Å². The first kappa shape index (κ1) is 16.5. The summed E-state index contributed by atoms with van der Waals surface area (Å²) in [5.74, 6) is -0.394. The van der Waals surface area contributed by atoms with Crippen LogP contribution in [0.4, 0.5) is 0 Å². The molecule has 134 valence electrons. The average Bonchev–Trinajstić information content (AvgIpc) is 3.18. The van der Waals surface area contributed by atoms with Crippen LogP contribution in [0.1, 0.15) is 19.4 Å². The number of phenolic OH excluding ortho intramolecular Hbond substituents is 3. The van der Waals surface area contributed by atoms with Crippen molar-refractivity contribution in [2.45, 2.75) is 32.0 Å². The zero-order valence-corrected chi connectivity index (χ0v) is 14.3. The van der Waals surface area contributed by atoms with E-state index in [-0.39, 0.29) is 45.5 Å². The van der Waals surface area contributed by atoms with Gasteiger partial charge in [-0.25, -0.2) is 0 Å². The van der Waals surface area contributed by atoms with Crippen molar-refractivity contribution >= 4 is 11.0 Å². The topological polar surface area (TPSA) is 103 Å². The third-order valence-corrected chi connectivity index (χ3v) is 4.84. The Morgan fingerprint density at radius 3 is 2.35 bits per heavy atom. The SMILES string of the molecule is CC1(C)O[C@@H]1Cc1c(O)cc(O)c2c(=O)c(-c3ccc(O)cc3)coc12. The molecule has 2 heterocycles. The fraction of sp³-hybridized carbons (Fsp3) is 0.250. The van der Waals surface area contributed by atoms with Crippen molar-refractivity contribution < 1.29 is 24.5 Å². The molecule has 1 aromatic heterocycles. The minimum atomic E-state index is -0.410. The van der Waals surface area contributed by atoms with Crippen LogP contribution in [0.25, 0.3) is 22.1 Å². The molecule has 0 spiro atoms. The van der Waals surface area contributed by atoms with Gasteiger partial charge in [-0.05, 0) is 31.5 Å². The second-order valence-corrected chi connectivity index (χ2v) is 7.04. The van der Waals surface area contributed by atoms with Crippen molar-refractivity contribution in [3.05, 3.63) is 52.4 Å². The number of hydrogen-bond donors (Lipinski definition) is 3. The van der Waals surface area contributed by atoms with Crippen LogP contribution in [-0.2, 0) is 11.2 Å². The molecular formula is C20H18O6. The number of ether oxygens (including phenoxy) is 1. The van der Waals surface area contributed by atoms with E-state index in [9.17, 15) is 20.1 Å². The molecule has 0 bridgehead atoms. The maximum absolute atomic E-state index is 12.9. The summed E-state index contributed by atoms with van der Waals surface area (Å²) in [5, 5.41) is 29.9. The lowest BCUT2D eigenvalue weighted by Gasteiger charge is -2.10. The zero-order valence-electron chi connectivity index (χ0n) is 14.3. The van der Waals surface area contributed by atoms with Crippen LogP contribution >= 0.6 is 0 Å². The molecule has 3 N–H and O–H groups in total. The first-order valence-electron chi connectivity index (χ1n) is 8.24. The van der Waals surface area contributed by atoms with E-state index in [1.807, 2.05) is 13.8 Å². The molecule has 0 amide bonds. The Morgan fingerprint density at radius 1 is 1.08 bits per heavy atom. The summed E-state index contributed by atoms with van der Waals surface area (Å²) in [6.07, 6.45) is 1.58. The van der Waals surface area contributed by atoms with Gasteiger partial charge in [0, 0.05) is 18.1 Å². The Labute approximate surface area is 148 Å². The first-order chi connectivity index (χ1) is 12.3. The van der Waals surface area contributed by atoms with Gasteiger partial charge in [-0.1, -0.05) is 12.1 Å².